The van der Waals surface area contributed by atoms with Gasteiger partial charge in [-0.2, -0.15) is 0 Å². The Labute approximate surface area is 106 Å². The molecule has 0 aliphatic rings. The molecule has 4 heteroatoms. The van der Waals surface area contributed by atoms with E-state index in [0.29, 0.717) is 6.61 Å². The van der Waals surface area contributed by atoms with Crippen molar-refractivity contribution in [3.8, 4) is 5.75 Å². The van der Waals surface area contributed by atoms with Crippen molar-refractivity contribution in [3.05, 3.63) is 30.3 Å². The smallest absolute Gasteiger partial charge is 0.119 e. The van der Waals surface area contributed by atoms with E-state index in [0.717, 1.165) is 25.3 Å². The van der Waals surface area contributed by atoms with Gasteiger partial charge in [0.25, 0.3) is 0 Å². The topological polar surface area (TPSA) is 38.3 Å². The van der Waals surface area contributed by atoms with Crippen LogP contribution in [0.1, 0.15) is 13.3 Å². The minimum Gasteiger partial charge on any atom is -0.492 e. The zero-order chi connectivity index (χ0) is 12.5. The van der Waals surface area contributed by atoms with Crippen LogP contribution in [0.15, 0.2) is 30.3 Å². The van der Waals surface area contributed by atoms with Gasteiger partial charge in [-0.15, -0.1) is 0 Å². The summed E-state index contributed by atoms with van der Waals surface area (Å²) in [5.41, 5.74) is 0. The van der Waals surface area contributed by atoms with Crippen LogP contribution in [-0.4, -0.2) is 35.4 Å². The first-order valence-electron chi connectivity index (χ1n) is 5.91. The van der Waals surface area contributed by atoms with Gasteiger partial charge in [0, 0.05) is 28.9 Å². The molecule has 0 fully saturated rings. The van der Waals surface area contributed by atoms with Gasteiger partial charge >= 0.3 is 0 Å². The zero-order valence-electron chi connectivity index (χ0n) is 10.5. The van der Waals surface area contributed by atoms with E-state index in [-0.39, 0.29) is 5.25 Å². The van der Waals surface area contributed by atoms with E-state index < -0.39 is 10.8 Å². The first-order chi connectivity index (χ1) is 8.20. The van der Waals surface area contributed by atoms with Crippen LogP contribution in [0, 0.1) is 0 Å². The number of benzene rings is 1. The van der Waals surface area contributed by atoms with E-state index in [9.17, 15) is 4.21 Å². The SMILES string of the molecule is CC(CCNCCOc1ccccc1)S(C)=O. The highest BCUT2D eigenvalue weighted by molar-refractivity contribution is 7.84. The lowest BCUT2D eigenvalue weighted by molar-refractivity contribution is 0.314. The third-order valence-electron chi connectivity index (χ3n) is 2.59. The Morgan fingerprint density at radius 1 is 1.29 bits per heavy atom. The quantitative estimate of drug-likeness (QED) is 0.720. The third-order valence-corrected chi connectivity index (χ3v) is 3.95. The molecule has 2 unspecified atom stereocenters. The summed E-state index contributed by atoms with van der Waals surface area (Å²) in [5.74, 6) is 0.900. The average molecular weight is 255 g/mol. The maximum atomic E-state index is 11.1. The van der Waals surface area contributed by atoms with Crippen molar-refractivity contribution in [3.63, 3.8) is 0 Å². The van der Waals surface area contributed by atoms with E-state index in [1.165, 1.54) is 0 Å². The summed E-state index contributed by atoms with van der Waals surface area (Å²) >= 11 is 0. The van der Waals surface area contributed by atoms with Crippen LogP contribution >= 0.6 is 0 Å². The predicted octanol–water partition coefficient (Wildman–Crippen LogP) is 1.81. The van der Waals surface area contributed by atoms with Gasteiger partial charge in [-0.1, -0.05) is 25.1 Å². The molecule has 2 atom stereocenters. The van der Waals surface area contributed by atoms with Crippen LogP contribution < -0.4 is 10.1 Å². The highest BCUT2D eigenvalue weighted by Crippen LogP contribution is 2.07. The van der Waals surface area contributed by atoms with Crippen molar-refractivity contribution in [1.82, 2.24) is 5.32 Å². The Balaban J connectivity index is 2.00. The minimum absolute atomic E-state index is 0.262. The summed E-state index contributed by atoms with van der Waals surface area (Å²) in [6.07, 6.45) is 2.69. The number of hydrogen-bond acceptors (Lipinski definition) is 3. The van der Waals surface area contributed by atoms with Gasteiger partial charge in [0.2, 0.25) is 0 Å². The zero-order valence-corrected chi connectivity index (χ0v) is 11.3. The van der Waals surface area contributed by atoms with Gasteiger partial charge in [0.05, 0.1) is 0 Å². The van der Waals surface area contributed by atoms with Crippen LogP contribution in [-0.2, 0) is 10.8 Å². The molecule has 0 aliphatic heterocycles. The molecule has 96 valence electrons. The number of ether oxygens (including phenoxy) is 1. The molecule has 1 aromatic rings. The minimum atomic E-state index is -0.718. The monoisotopic (exact) mass is 255 g/mol. The van der Waals surface area contributed by atoms with Crippen molar-refractivity contribution < 1.29 is 8.95 Å². The number of para-hydroxylation sites is 1. The van der Waals surface area contributed by atoms with Gasteiger partial charge in [-0.05, 0) is 25.1 Å². The molecule has 0 amide bonds. The summed E-state index contributed by atoms with van der Waals surface area (Å²) in [4.78, 5) is 0. The van der Waals surface area contributed by atoms with E-state index in [1.807, 2.05) is 37.3 Å². The Morgan fingerprint density at radius 3 is 2.65 bits per heavy atom. The van der Waals surface area contributed by atoms with Crippen molar-refractivity contribution >= 4 is 10.8 Å². The summed E-state index contributed by atoms with van der Waals surface area (Å²) in [6, 6.07) is 9.78. The molecule has 0 aliphatic carbocycles. The van der Waals surface area contributed by atoms with E-state index in [4.69, 9.17) is 4.74 Å². The molecule has 1 N–H and O–H groups in total. The molecular formula is C13H21NO2S. The van der Waals surface area contributed by atoms with E-state index >= 15 is 0 Å². The molecule has 0 spiro atoms. The van der Waals surface area contributed by atoms with Gasteiger partial charge < -0.3 is 10.1 Å². The Hall–Kier alpha value is -0.870. The van der Waals surface area contributed by atoms with Crippen LogP contribution in [0.25, 0.3) is 0 Å². The highest BCUT2D eigenvalue weighted by atomic mass is 32.2. The first-order valence-corrected chi connectivity index (χ1v) is 7.53. The molecule has 0 saturated heterocycles. The van der Waals surface area contributed by atoms with Crippen molar-refractivity contribution in [2.24, 2.45) is 0 Å². The second kappa shape index (κ2) is 8.25. The number of hydrogen-bond donors (Lipinski definition) is 1. The molecule has 0 aromatic heterocycles. The molecule has 0 bridgehead atoms. The Kier molecular flexibility index (Phi) is 6.89. The fourth-order valence-electron chi connectivity index (χ4n) is 1.35. The molecule has 1 aromatic carbocycles. The Morgan fingerprint density at radius 2 is 2.00 bits per heavy atom. The van der Waals surface area contributed by atoms with Crippen LogP contribution in [0.4, 0.5) is 0 Å². The highest BCUT2D eigenvalue weighted by Gasteiger charge is 2.04. The van der Waals surface area contributed by atoms with E-state index in [1.54, 1.807) is 6.26 Å². The standard InChI is InChI=1S/C13H21NO2S/c1-12(17(2)15)8-9-14-10-11-16-13-6-4-3-5-7-13/h3-7,12,14H,8-11H2,1-2H3. The van der Waals surface area contributed by atoms with Crippen molar-refractivity contribution in [1.29, 1.82) is 0 Å². The maximum absolute atomic E-state index is 11.1. The summed E-state index contributed by atoms with van der Waals surface area (Å²) in [6.45, 7) is 4.38. The molecule has 17 heavy (non-hydrogen) atoms. The average Bonchev–Trinajstić information content (AvgIpc) is 2.34. The van der Waals surface area contributed by atoms with Gasteiger partial charge in [0.1, 0.15) is 12.4 Å². The Bertz CT molecular complexity index is 329. The van der Waals surface area contributed by atoms with Gasteiger partial charge in [0.15, 0.2) is 0 Å². The molecule has 3 nitrogen and oxygen atoms in total. The van der Waals surface area contributed by atoms with E-state index in [2.05, 4.69) is 5.32 Å². The molecule has 1 rings (SSSR count). The number of rotatable bonds is 8. The third kappa shape index (κ3) is 6.44. The van der Waals surface area contributed by atoms with Crippen LogP contribution in [0.5, 0.6) is 5.75 Å². The lowest BCUT2D eigenvalue weighted by atomic mass is 10.3. The largest absolute Gasteiger partial charge is 0.492 e. The molecule has 0 radical (unpaired) electrons. The molecule has 0 heterocycles. The normalized spacial score (nSPS) is 14.2. The molecular weight excluding hydrogens is 234 g/mol. The lowest BCUT2D eigenvalue weighted by Gasteiger charge is -2.10. The fourth-order valence-corrected chi connectivity index (χ4v) is 1.80. The predicted molar refractivity (Wildman–Crippen MR) is 73.0 cm³/mol. The summed E-state index contributed by atoms with van der Waals surface area (Å²) < 4.78 is 16.6. The van der Waals surface area contributed by atoms with Gasteiger partial charge in [-0.25, -0.2) is 0 Å². The second-order valence-electron chi connectivity index (χ2n) is 4.01. The fraction of sp³-hybridized carbons (Fsp3) is 0.538. The lowest BCUT2D eigenvalue weighted by Crippen LogP contribution is -2.25. The van der Waals surface area contributed by atoms with Crippen LogP contribution in [0.3, 0.4) is 0 Å². The van der Waals surface area contributed by atoms with Crippen molar-refractivity contribution in [2.45, 2.75) is 18.6 Å². The second-order valence-corrected chi connectivity index (χ2v) is 5.81. The van der Waals surface area contributed by atoms with Gasteiger partial charge in [-0.3, -0.25) is 4.21 Å². The maximum Gasteiger partial charge on any atom is 0.119 e. The van der Waals surface area contributed by atoms with Crippen LogP contribution in [0.2, 0.25) is 0 Å². The van der Waals surface area contributed by atoms with Crippen molar-refractivity contribution in [2.75, 3.05) is 26.0 Å². The first kappa shape index (κ1) is 14.2. The summed E-state index contributed by atoms with van der Waals surface area (Å²) in [5, 5.41) is 3.54. The molecule has 0 saturated carbocycles. The summed E-state index contributed by atoms with van der Waals surface area (Å²) in [7, 11) is -0.718. The number of nitrogens with one attached hydrogen (secondary N) is 1.